The SMILES string of the molecule is O=C(/C=C\C(=O)N1CCN(c2ccc(NC(=O)c3nc4ccccc4[nH]3)cc2)CC1)NC1CC1. The number of nitrogens with one attached hydrogen (secondary N) is 3. The number of carbonyl (C=O) groups excluding carboxylic acids is 3. The Morgan fingerprint density at radius 3 is 2.38 bits per heavy atom. The van der Waals surface area contributed by atoms with E-state index in [-0.39, 0.29) is 29.6 Å². The number of amides is 3. The number of imidazole rings is 1. The monoisotopic (exact) mass is 458 g/mol. The number of benzene rings is 2. The van der Waals surface area contributed by atoms with Gasteiger partial charge in [-0.1, -0.05) is 12.1 Å². The molecular formula is C25H26N6O3. The van der Waals surface area contributed by atoms with Crippen LogP contribution in [0, 0.1) is 0 Å². The summed E-state index contributed by atoms with van der Waals surface area (Å²) in [6.07, 6.45) is 4.71. The molecule has 2 fully saturated rings. The molecule has 2 aliphatic rings. The lowest BCUT2D eigenvalue weighted by Crippen LogP contribution is -2.48. The second-order valence-electron chi connectivity index (χ2n) is 8.53. The van der Waals surface area contributed by atoms with Crippen molar-refractivity contribution in [3.8, 4) is 0 Å². The number of aromatic nitrogens is 2. The molecule has 1 aliphatic carbocycles. The Morgan fingerprint density at radius 1 is 0.941 bits per heavy atom. The largest absolute Gasteiger partial charge is 0.368 e. The van der Waals surface area contributed by atoms with E-state index < -0.39 is 0 Å². The predicted molar refractivity (Wildman–Crippen MR) is 130 cm³/mol. The Labute approximate surface area is 196 Å². The smallest absolute Gasteiger partial charge is 0.291 e. The second kappa shape index (κ2) is 9.38. The Hall–Kier alpha value is -4.14. The molecule has 34 heavy (non-hydrogen) atoms. The molecule has 9 nitrogen and oxygen atoms in total. The van der Waals surface area contributed by atoms with Gasteiger partial charge in [-0.25, -0.2) is 4.98 Å². The fourth-order valence-corrected chi connectivity index (χ4v) is 3.92. The lowest BCUT2D eigenvalue weighted by molar-refractivity contribution is -0.126. The average molecular weight is 459 g/mol. The zero-order chi connectivity index (χ0) is 23.5. The van der Waals surface area contributed by atoms with E-state index in [0.717, 1.165) is 29.6 Å². The number of hydrogen-bond acceptors (Lipinski definition) is 5. The summed E-state index contributed by atoms with van der Waals surface area (Å²) in [5.41, 5.74) is 3.26. The summed E-state index contributed by atoms with van der Waals surface area (Å²) in [7, 11) is 0. The molecule has 1 saturated carbocycles. The number of nitrogens with zero attached hydrogens (tertiary/aromatic N) is 3. The van der Waals surface area contributed by atoms with Crippen LogP contribution in [0.25, 0.3) is 11.0 Å². The van der Waals surface area contributed by atoms with Gasteiger partial charge in [0, 0.05) is 55.7 Å². The van der Waals surface area contributed by atoms with E-state index in [1.165, 1.54) is 12.2 Å². The number of carbonyl (C=O) groups is 3. The normalized spacial score (nSPS) is 16.1. The molecule has 3 amide bonds. The minimum atomic E-state index is -0.296. The van der Waals surface area contributed by atoms with Crippen LogP contribution in [-0.2, 0) is 9.59 Å². The molecule has 1 saturated heterocycles. The van der Waals surface area contributed by atoms with Crippen LogP contribution in [0.2, 0.25) is 0 Å². The number of anilines is 2. The molecule has 9 heteroatoms. The van der Waals surface area contributed by atoms with Gasteiger partial charge in [0.25, 0.3) is 5.91 Å². The molecule has 5 rings (SSSR count). The van der Waals surface area contributed by atoms with Crippen molar-refractivity contribution in [1.29, 1.82) is 0 Å². The van der Waals surface area contributed by atoms with E-state index in [2.05, 4.69) is 25.5 Å². The van der Waals surface area contributed by atoms with Crippen molar-refractivity contribution in [2.75, 3.05) is 36.4 Å². The molecule has 0 unspecified atom stereocenters. The van der Waals surface area contributed by atoms with Crippen LogP contribution in [0.3, 0.4) is 0 Å². The highest BCUT2D eigenvalue weighted by Gasteiger charge is 2.23. The number of aromatic amines is 1. The summed E-state index contributed by atoms with van der Waals surface area (Å²) < 4.78 is 0. The molecule has 2 heterocycles. The van der Waals surface area contributed by atoms with Gasteiger partial charge in [0.2, 0.25) is 11.8 Å². The maximum absolute atomic E-state index is 12.5. The Balaban J connectivity index is 1.12. The second-order valence-corrected chi connectivity index (χ2v) is 8.53. The molecular weight excluding hydrogens is 432 g/mol. The number of piperazine rings is 1. The zero-order valence-electron chi connectivity index (χ0n) is 18.7. The topological polar surface area (TPSA) is 110 Å². The lowest BCUT2D eigenvalue weighted by Gasteiger charge is -2.35. The number of rotatable bonds is 6. The standard InChI is InChI=1S/C25H26N6O3/c32-22(26-17-5-6-17)11-12-23(33)31-15-13-30(14-16-31)19-9-7-18(8-10-19)27-25(34)24-28-20-3-1-2-4-21(20)29-24/h1-4,7-12,17H,5-6,13-16H2,(H,26,32)(H,27,34)(H,28,29)/b12-11-. The van der Waals surface area contributed by atoms with Gasteiger partial charge in [0.05, 0.1) is 11.0 Å². The van der Waals surface area contributed by atoms with Gasteiger partial charge in [-0.05, 0) is 49.2 Å². The van der Waals surface area contributed by atoms with Crippen LogP contribution >= 0.6 is 0 Å². The first-order valence-corrected chi connectivity index (χ1v) is 11.4. The number of hydrogen-bond donors (Lipinski definition) is 3. The summed E-state index contributed by atoms with van der Waals surface area (Å²) in [4.78, 5) is 47.9. The molecule has 2 aromatic carbocycles. The summed E-state index contributed by atoms with van der Waals surface area (Å²) >= 11 is 0. The highest BCUT2D eigenvalue weighted by Crippen LogP contribution is 2.21. The molecule has 1 aromatic heterocycles. The van der Waals surface area contributed by atoms with E-state index in [9.17, 15) is 14.4 Å². The molecule has 174 valence electrons. The van der Waals surface area contributed by atoms with Gasteiger partial charge in [-0.15, -0.1) is 0 Å². The Kier molecular flexibility index (Phi) is 5.99. The maximum Gasteiger partial charge on any atom is 0.291 e. The van der Waals surface area contributed by atoms with E-state index in [1.54, 1.807) is 4.90 Å². The van der Waals surface area contributed by atoms with Gasteiger partial charge in [0.15, 0.2) is 5.82 Å². The van der Waals surface area contributed by atoms with Gasteiger partial charge in [-0.2, -0.15) is 0 Å². The molecule has 0 bridgehead atoms. The van der Waals surface area contributed by atoms with E-state index in [4.69, 9.17) is 0 Å². The number of H-pyrrole nitrogens is 1. The molecule has 3 N–H and O–H groups in total. The first-order valence-electron chi connectivity index (χ1n) is 11.4. The maximum atomic E-state index is 12.5. The van der Waals surface area contributed by atoms with Gasteiger partial charge >= 0.3 is 0 Å². The van der Waals surface area contributed by atoms with Crippen molar-refractivity contribution in [2.45, 2.75) is 18.9 Å². The number of para-hydroxylation sites is 2. The third-order valence-electron chi connectivity index (χ3n) is 5.99. The van der Waals surface area contributed by atoms with Crippen LogP contribution in [0.1, 0.15) is 23.5 Å². The predicted octanol–water partition coefficient (Wildman–Crippen LogP) is 2.30. The third-order valence-corrected chi connectivity index (χ3v) is 5.99. The Bertz CT molecular complexity index is 1200. The summed E-state index contributed by atoms with van der Waals surface area (Å²) in [6, 6.07) is 15.4. The van der Waals surface area contributed by atoms with Crippen molar-refractivity contribution < 1.29 is 14.4 Å². The van der Waals surface area contributed by atoms with E-state index in [1.807, 2.05) is 48.5 Å². The van der Waals surface area contributed by atoms with Crippen LogP contribution in [0.15, 0.2) is 60.7 Å². The highest BCUT2D eigenvalue weighted by atomic mass is 16.2. The Morgan fingerprint density at radius 2 is 1.68 bits per heavy atom. The van der Waals surface area contributed by atoms with Crippen LogP contribution in [-0.4, -0.2) is 64.8 Å². The lowest BCUT2D eigenvalue weighted by atomic mass is 10.2. The summed E-state index contributed by atoms with van der Waals surface area (Å²) in [5.74, 6) is -0.378. The fourth-order valence-electron chi connectivity index (χ4n) is 3.92. The van der Waals surface area contributed by atoms with Crippen molar-refractivity contribution in [1.82, 2.24) is 20.2 Å². The molecule has 3 aromatic rings. The van der Waals surface area contributed by atoms with Crippen molar-refractivity contribution >= 4 is 40.1 Å². The summed E-state index contributed by atoms with van der Waals surface area (Å²) in [6.45, 7) is 2.55. The average Bonchev–Trinajstić information content (AvgIpc) is 3.56. The highest BCUT2D eigenvalue weighted by molar-refractivity contribution is 6.03. The van der Waals surface area contributed by atoms with Gasteiger partial charge in [0.1, 0.15) is 0 Å². The van der Waals surface area contributed by atoms with Crippen molar-refractivity contribution in [3.05, 3.63) is 66.5 Å². The van der Waals surface area contributed by atoms with Crippen LogP contribution in [0.4, 0.5) is 11.4 Å². The van der Waals surface area contributed by atoms with E-state index >= 15 is 0 Å². The molecule has 1 aliphatic heterocycles. The molecule has 0 atom stereocenters. The van der Waals surface area contributed by atoms with Crippen LogP contribution < -0.4 is 15.5 Å². The van der Waals surface area contributed by atoms with E-state index in [0.29, 0.717) is 31.9 Å². The van der Waals surface area contributed by atoms with Crippen LogP contribution in [0.5, 0.6) is 0 Å². The van der Waals surface area contributed by atoms with Gasteiger partial charge < -0.3 is 25.4 Å². The summed E-state index contributed by atoms with van der Waals surface area (Å²) in [5, 5.41) is 5.70. The quantitative estimate of drug-likeness (QED) is 0.491. The fraction of sp³-hybridized carbons (Fsp3) is 0.280. The number of fused-ring (bicyclic) bond motifs is 1. The zero-order valence-corrected chi connectivity index (χ0v) is 18.7. The minimum absolute atomic E-state index is 0.144. The molecule has 0 radical (unpaired) electrons. The molecule has 0 spiro atoms. The third kappa shape index (κ3) is 5.09. The minimum Gasteiger partial charge on any atom is -0.368 e. The first kappa shape index (κ1) is 21.7. The first-order chi connectivity index (χ1) is 16.5. The van der Waals surface area contributed by atoms with Gasteiger partial charge in [-0.3, -0.25) is 14.4 Å². The van der Waals surface area contributed by atoms with Crippen molar-refractivity contribution in [2.24, 2.45) is 0 Å². The van der Waals surface area contributed by atoms with Crippen molar-refractivity contribution in [3.63, 3.8) is 0 Å².